The van der Waals surface area contributed by atoms with E-state index in [1.807, 2.05) is 0 Å². The molecule has 0 aliphatic rings. The van der Waals surface area contributed by atoms with Gasteiger partial charge in [0.05, 0.1) is 5.41 Å². The molecule has 0 aliphatic carbocycles. The quantitative estimate of drug-likeness (QED) is 0.708. The van der Waals surface area contributed by atoms with Gasteiger partial charge in [0, 0.05) is 22.9 Å². The lowest BCUT2D eigenvalue weighted by molar-refractivity contribution is -0.125. The van der Waals surface area contributed by atoms with E-state index in [2.05, 4.69) is 0 Å². The predicted octanol–water partition coefficient (Wildman–Crippen LogP) is 4.85. The zero-order valence-corrected chi connectivity index (χ0v) is 13.7. The maximum absolute atomic E-state index is 12.8. The van der Waals surface area contributed by atoms with Crippen LogP contribution in [0, 0.1) is 0 Å². The molecule has 0 atom stereocenters. The molecular formula is C18H16Cl2O2. The first kappa shape index (κ1) is 16.7. The first-order valence-corrected chi connectivity index (χ1v) is 7.79. The van der Waals surface area contributed by atoms with Crippen molar-refractivity contribution in [2.45, 2.75) is 25.2 Å². The van der Waals surface area contributed by atoms with E-state index in [4.69, 9.17) is 23.2 Å². The first-order valence-electron chi connectivity index (χ1n) is 7.03. The Labute approximate surface area is 140 Å². The Morgan fingerprint density at radius 1 is 0.955 bits per heavy atom. The Morgan fingerprint density at radius 3 is 1.68 bits per heavy atom. The summed E-state index contributed by atoms with van der Waals surface area (Å²) < 4.78 is 0. The molecule has 2 aromatic rings. The second-order valence-corrected chi connectivity index (χ2v) is 5.94. The maximum atomic E-state index is 12.8. The standard InChI is InChI=1S/C18H16Cl2O2/c1-2-17(22)18(11-12-21,13-3-7-15(19)8-4-13)14-5-9-16(20)10-6-14/h3-10,12H,2,11H2,1H3. The number of halogens is 2. The van der Waals surface area contributed by atoms with E-state index >= 15 is 0 Å². The van der Waals surface area contributed by atoms with Crippen molar-refractivity contribution in [3.05, 3.63) is 69.7 Å². The molecule has 4 heteroatoms. The average Bonchev–Trinajstić information content (AvgIpc) is 2.54. The van der Waals surface area contributed by atoms with Crippen LogP contribution in [0.15, 0.2) is 48.5 Å². The molecule has 0 aliphatic heterocycles. The number of ketones is 1. The van der Waals surface area contributed by atoms with Gasteiger partial charge in [0.25, 0.3) is 0 Å². The Kier molecular flexibility index (Phi) is 5.38. The smallest absolute Gasteiger partial charge is 0.147 e. The summed E-state index contributed by atoms with van der Waals surface area (Å²) in [4.78, 5) is 24.1. The number of Topliss-reactive ketones (excluding diaryl/α,β-unsaturated/α-hetero) is 1. The summed E-state index contributed by atoms with van der Waals surface area (Å²) in [6.07, 6.45) is 1.21. The minimum absolute atomic E-state index is 0.00996. The molecule has 0 N–H and O–H groups in total. The molecule has 0 unspecified atom stereocenters. The van der Waals surface area contributed by atoms with Crippen molar-refractivity contribution in [2.24, 2.45) is 0 Å². The summed E-state index contributed by atoms with van der Waals surface area (Å²) in [5.74, 6) is -0.00996. The number of hydrogen-bond donors (Lipinski definition) is 0. The molecule has 0 radical (unpaired) electrons. The normalized spacial score (nSPS) is 11.2. The average molecular weight is 335 g/mol. The second-order valence-electron chi connectivity index (χ2n) is 5.07. The molecule has 0 saturated carbocycles. The Bertz CT molecular complexity index is 615. The van der Waals surface area contributed by atoms with Gasteiger partial charge in [-0.3, -0.25) is 4.79 Å². The van der Waals surface area contributed by atoms with Crippen molar-refractivity contribution in [3.8, 4) is 0 Å². The van der Waals surface area contributed by atoms with Gasteiger partial charge in [-0.1, -0.05) is 54.4 Å². The summed E-state index contributed by atoms with van der Waals surface area (Å²) in [5.41, 5.74) is 0.530. The molecule has 0 saturated heterocycles. The lowest BCUT2D eigenvalue weighted by Gasteiger charge is -2.32. The van der Waals surface area contributed by atoms with E-state index in [0.29, 0.717) is 16.5 Å². The number of hydrogen-bond acceptors (Lipinski definition) is 2. The van der Waals surface area contributed by atoms with Gasteiger partial charge in [-0.2, -0.15) is 0 Å². The largest absolute Gasteiger partial charge is 0.303 e. The van der Waals surface area contributed by atoms with Crippen LogP contribution in [0.1, 0.15) is 30.9 Å². The number of benzene rings is 2. The summed E-state index contributed by atoms with van der Waals surface area (Å²) in [5, 5.41) is 1.17. The van der Waals surface area contributed by atoms with Gasteiger partial charge < -0.3 is 4.79 Å². The zero-order chi connectivity index (χ0) is 16.2. The molecule has 0 fully saturated rings. The highest BCUT2D eigenvalue weighted by molar-refractivity contribution is 6.30. The highest BCUT2D eigenvalue weighted by atomic mass is 35.5. The van der Waals surface area contributed by atoms with E-state index in [-0.39, 0.29) is 12.2 Å². The SMILES string of the molecule is CCC(=O)C(CC=O)(c1ccc(Cl)cc1)c1ccc(Cl)cc1. The fourth-order valence-electron chi connectivity index (χ4n) is 2.73. The molecule has 0 heterocycles. The van der Waals surface area contributed by atoms with Crippen molar-refractivity contribution in [1.82, 2.24) is 0 Å². The number of carbonyl (C=O) groups is 2. The second kappa shape index (κ2) is 7.08. The Hall–Kier alpha value is -1.64. The van der Waals surface area contributed by atoms with E-state index in [9.17, 15) is 9.59 Å². The molecule has 22 heavy (non-hydrogen) atoms. The van der Waals surface area contributed by atoms with Crippen molar-refractivity contribution >= 4 is 35.3 Å². The van der Waals surface area contributed by atoms with E-state index in [1.165, 1.54) is 0 Å². The van der Waals surface area contributed by atoms with Gasteiger partial charge >= 0.3 is 0 Å². The van der Waals surface area contributed by atoms with Gasteiger partial charge in [0.15, 0.2) is 0 Å². The minimum Gasteiger partial charge on any atom is -0.303 e. The zero-order valence-electron chi connectivity index (χ0n) is 12.2. The molecule has 0 amide bonds. The fourth-order valence-corrected chi connectivity index (χ4v) is 2.99. The number of carbonyl (C=O) groups excluding carboxylic acids is 2. The van der Waals surface area contributed by atoms with Gasteiger partial charge in [-0.15, -0.1) is 0 Å². The topological polar surface area (TPSA) is 34.1 Å². The first-order chi connectivity index (χ1) is 10.5. The summed E-state index contributed by atoms with van der Waals surface area (Å²) in [7, 11) is 0. The molecule has 0 spiro atoms. The highest BCUT2D eigenvalue weighted by Crippen LogP contribution is 2.38. The van der Waals surface area contributed by atoms with Crippen LogP contribution in [0.2, 0.25) is 10.0 Å². The number of aldehydes is 1. The molecule has 2 aromatic carbocycles. The summed E-state index contributed by atoms with van der Waals surface area (Å²) in [6.45, 7) is 1.80. The van der Waals surface area contributed by atoms with Gasteiger partial charge in [0.1, 0.15) is 12.1 Å². The van der Waals surface area contributed by atoms with Crippen LogP contribution in [0.25, 0.3) is 0 Å². The molecule has 2 nitrogen and oxygen atoms in total. The highest BCUT2D eigenvalue weighted by Gasteiger charge is 2.40. The van der Waals surface area contributed by atoms with Crippen LogP contribution in [-0.2, 0) is 15.0 Å². The van der Waals surface area contributed by atoms with Gasteiger partial charge in [0.2, 0.25) is 0 Å². The molecular weight excluding hydrogens is 319 g/mol. The van der Waals surface area contributed by atoms with Crippen molar-refractivity contribution in [2.75, 3.05) is 0 Å². The Morgan fingerprint density at radius 2 is 1.36 bits per heavy atom. The molecule has 0 bridgehead atoms. The van der Waals surface area contributed by atoms with Crippen molar-refractivity contribution in [3.63, 3.8) is 0 Å². The fraction of sp³-hybridized carbons (Fsp3) is 0.222. The van der Waals surface area contributed by atoms with Crippen LogP contribution >= 0.6 is 23.2 Å². The third-order valence-electron chi connectivity index (χ3n) is 3.86. The van der Waals surface area contributed by atoms with Crippen LogP contribution < -0.4 is 0 Å². The van der Waals surface area contributed by atoms with E-state index < -0.39 is 5.41 Å². The van der Waals surface area contributed by atoms with Gasteiger partial charge in [-0.05, 0) is 35.4 Å². The third kappa shape index (κ3) is 3.08. The third-order valence-corrected chi connectivity index (χ3v) is 4.36. The lowest BCUT2D eigenvalue weighted by atomic mass is 9.68. The summed E-state index contributed by atoms with van der Waals surface area (Å²) in [6, 6.07) is 14.1. The summed E-state index contributed by atoms with van der Waals surface area (Å²) >= 11 is 11.9. The van der Waals surface area contributed by atoms with Crippen LogP contribution in [0.3, 0.4) is 0 Å². The van der Waals surface area contributed by atoms with Crippen molar-refractivity contribution in [1.29, 1.82) is 0 Å². The predicted molar refractivity (Wildman–Crippen MR) is 89.7 cm³/mol. The molecule has 114 valence electrons. The Balaban J connectivity index is 2.70. The number of rotatable bonds is 6. The molecule has 2 rings (SSSR count). The van der Waals surface area contributed by atoms with Crippen LogP contribution in [-0.4, -0.2) is 12.1 Å². The maximum Gasteiger partial charge on any atom is 0.147 e. The van der Waals surface area contributed by atoms with Crippen molar-refractivity contribution < 1.29 is 9.59 Å². The van der Waals surface area contributed by atoms with Crippen LogP contribution in [0.4, 0.5) is 0 Å². The molecule has 0 aromatic heterocycles. The van der Waals surface area contributed by atoms with E-state index in [0.717, 1.165) is 17.4 Å². The van der Waals surface area contributed by atoms with Crippen LogP contribution in [0.5, 0.6) is 0 Å². The minimum atomic E-state index is -0.994. The lowest BCUT2D eigenvalue weighted by Crippen LogP contribution is -2.37. The van der Waals surface area contributed by atoms with Gasteiger partial charge in [-0.25, -0.2) is 0 Å². The van der Waals surface area contributed by atoms with E-state index in [1.54, 1.807) is 55.5 Å². The monoisotopic (exact) mass is 334 g/mol.